The molecule has 3 atom stereocenters. The van der Waals surface area contributed by atoms with Crippen molar-refractivity contribution < 1.29 is 13.2 Å². The van der Waals surface area contributed by atoms with Crippen LogP contribution >= 0.6 is 11.6 Å². The lowest BCUT2D eigenvalue weighted by molar-refractivity contribution is -0.182. The van der Waals surface area contributed by atoms with Crippen molar-refractivity contribution in [2.75, 3.05) is 13.1 Å². The molecule has 1 aromatic carbocycles. The third-order valence-electron chi connectivity index (χ3n) is 7.88. The first kappa shape index (κ1) is 25.3. The van der Waals surface area contributed by atoms with Crippen molar-refractivity contribution in [1.29, 1.82) is 0 Å². The predicted molar refractivity (Wildman–Crippen MR) is 134 cm³/mol. The van der Waals surface area contributed by atoms with Gasteiger partial charge in [0.05, 0.1) is 18.3 Å². The molecule has 194 valence electrons. The Morgan fingerprint density at radius 3 is 2.56 bits per heavy atom. The van der Waals surface area contributed by atoms with Gasteiger partial charge >= 0.3 is 6.18 Å². The minimum Gasteiger partial charge on any atom is -0.357 e. The average Bonchev–Trinajstić information content (AvgIpc) is 3.18. The minimum absolute atomic E-state index is 0.0664. The van der Waals surface area contributed by atoms with E-state index in [1.165, 1.54) is 11.8 Å². The van der Waals surface area contributed by atoms with Gasteiger partial charge in [0.25, 0.3) is 0 Å². The summed E-state index contributed by atoms with van der Waals surface area (Å²) in [6.07, 6.45) is 2.92. The summed E-state index contributed by atoms with van der Waals surface area (Å²) in [5.74, 6) is 3.04. The number of alkyl halides is 3. The Morgan fingerprint density at radius 1 is 1.14 bits per heavy atom. The number of amidine groups is 1. The summed E-state index contributed by atoms with van der Waals surface area (Å²) in [4.78, 5) is 8.65. The van der Waals surface area contributed by atoms with Crippen LogP contribution in [0.2, 0.25) is 5.02 Å². The van der Waals surface area contributed by atoms with E-state index in [4.69, 9.17) is 16.6 Å². The van der Waals surface area contributed by atoms with Crippen LogP contribution in [0.15, 0.2) is 35.3 Å². The van der Waals surface area contributed by atoms with Crippen LogP contribution in [0.3, 0.4) is 0 Å². The highest BCUT2D eigenvalue weighted by Gasteiger charge is 2.42. The molecule has 6 nitrogen and oxygen atoms in total. The number of fused-ring (bicyclic) bond motifs is 3. The van der Waals surface area contributed by atoms with Crippen LogP contribution in [0, 0.1) is 5.92 Å². The lowest BCUT2D eigenvalue weighted by atomic mass is 9.93. The van der Waals surface area contributed by atoms with Gasteiger partial charge in [-0.1, -0.05) is 24.6 Å². The van der Waals surface area contributed by atoms with Gasteiger partial charge in [0.2, 0.25) is 0 Å². The molecule has 5 rings (SSSR count). The van der Waals surface area contributed by atoms with E-state index in [2.05, 4.69) is 41.1 Å². The van der Waals surface area contributed by atoms with Gasteiger partial charge in [-0.15, -0.1) is 10.2 Å². The van der Waals surface area contributed by atoms with Crippen molar-refractivity contribution in [2.24, 2.45) is 10.9 Å². The Bertz CT molecular complexity index is 1160. The standard InChI is InChI=1S/C26H32ClF3N6/c1-4-18-5-8-23(31-16(18)2)34-11-9-19(10-12-34)25-33-32-24-15-35(17(3)26(28,29)30)14-20-13-21(27)6-7-22(20)36(24)25/h5-8,13,16-19H,4,9-12,14-15H2,1-3H3. The van der Waals surface area contributed by atoms with E-state index < -0.39 is 12.2 Å². The Hall–Kier alpha value is -2.39. The topological polar surface area (TPSA) is 49.6 Å². The zero-order valence-corrected chi connectivity index (χ0v) is 21.6. The molecule has 0 bridgehead atoms. The first-order chi connectivity index (χ1) is 17.2. The lowest BCUT2D eigenvalue weighted by Gasteiger charge is -2.35. The monoisotopic (exact) mass is 520 g/mol. The molecule has 1 fully saturated rings. The summed E-state index contributed by atoms with van der Waals surface area (Å²) in [6.45, 7) is 7.46. The maximum absolute atomic E-state index is 13.6. The number of dihydropyridines is 1. The van der Waals surface area contributed by atoms with Gasteiger partial charge in [-0.25, -0.2) is 0 Å². The Labute approximate surface area is 214 Å². The molecule has 3 aliphatic heterocycles. The van der Waals surface area contributed by atoms with E-state index in [9.17, 15) is 13.2 Å². The van der Waals surface area contributed by atoms with Gasteiger partial charge in [-0.05, 0) is 68.9 Å². The van der Waals surface area contributed by atoms with Crippen molar-refractivity contribution in [3.8, 4) is 5.69 Å². The summed E-state index contributed by atoms with van der Waals surface area (Å²) in [6, 6.07) is 4.08. The molecule has 3 aliphatic rings. The molecule has 1 saturated heterocycles. The third-order valence-corrected chi connectivity index (χ3v) is 8.12. The molecule has 36 heavy (non-hydrogen) atoms. The number of hydrogen-bond acceptors (Lipinski definition) is 5. The fourth-order valence-corrected chi connectivity index (χ4v) is 5.74. The second-order valence-electron chi connectivity index (χ2n) is 10.1. The molecule has 2 aromatic rings. The number of rotatable bonds is 3. The third kappa shape index (κ3) is 4.79. The minimum atomic E-state index is -4.34. The number of benzene rings is 1. The van der Waals surface area contributed by atoms with E-state index >= 15 is 0 Å². The fraction of sp³-hybridized carbons (Fsp3) is 0.577. The maximum atomic E-state index is 13.6. The van der Waals surface area contributed by atoms with E-state index in [0.717, 1.165) is 55.3 Å². The lowest BCUT2D eigenvalue weighted by Crippen LogP contribution is -2.42. The van der Waals surface area contributed by atoms with Crippen LogP contribution in [-0.2, 0) is 13.1 Å². The molecular formula is C26H32ClF3N6. The second-order valence-corrected chi connectivity index (χ2v) is 10.6. The average molecular weight is 521 g/mol. The van der Waals surface area contributed by atoms with Gasteiger partial charge < -0.3 is 4.90 Å². The smallest absolute Gasteiger partial charge is 0.357 e. The van der Waals surface area contributed by atoms with Gasteiger partial charge in [0.1, 0.15) is 17.7 Å². The molecule has 0 N–H and O–H groups in total. The van der Waals surface area contributed by atoms with Gasteiger partial charge in [-0.2, -0.15) is 13.2 Å². The number of hydrogen-bond donors (Lipinski definition) is 0. The molecular weight excluding hydrogens is 489 g/mol. The van der Waals surface area contributed by atoms with E-state index in [1.54, 1.807) is 12.1 Å². The zero-order valence-electron chi connectivity index (χ0n) is 20.8. The van der Waals surface area contributed by atoms with Gasteiger partial charge in [0.15, 0.2) is 5.82 Å². The number of likely N-dealkylation sites (tertiary alicyclic amines) is 1. The molecule has 0 amide bonds. The summed E-state index contributed by atoms with van der Waals surface area (Å²) in [7, 11) is 0. The summed E-state index contributed by atoms with van der Waals surface area (Å²) < 4.78 is 42.8. The van der Waals surface area contributed by atoms with Crippen LogP contribution in [0.25, 0.3) is 5.69 Å². The van der Waals surface area contributed by atoms with Crippen LogP contribution in [0.4, 0.5) is 13.2 Å². The molecule has 4 heterocycles. The highest BCUT2D eigenvalue weighted by atomic mass is 35.5. The largest absolute Gasteiger partial charge is 0.403 e. The Kier molecular flexibility index (Phi) is 6.89. The van der Waals surface area contributed by atoms with Crippen molar-refractivity contribution in [2.45, 2.75) is 77.3 Å². The number of aliphatic imine (C=N–C) groups is 1. The maximum Gasteiger partial charge on any atom is 0.403 e. The number of halogens is 4. The van der Waals surface area contributed by atoms with Crippen LogP contribution in [0.1, 0.15) is 63.2 Å². The van der Waals surface area contributed by atoms with Crippen LogP contribution < -0.4 is 0 Å². The van der Waals surface area contributed by atoms with Crippen molar-refractivity contribution in [3.05, 3.63) is 52.6 Å². The number of piperidine rings is 1. The first-order valence-corrected chi connectivity index (χ1v) is 13.1. The molecule has 0 saturated carbocycles. The Morgan fingerprint density at radius 2 is 1.89 bits per heavy atom. The highest BCUT2D eigenvalue weighted by molar-refractivity contribution is 6.30. The molecule has 0 spiro atoms. The van der Waals surface area contributed by atoms with E-state index in [1.807, 2.05) is 10.6 Å². The molecule has 1 aromatic heterocycles. The van der Waals surface area contributed by atoms with E-state index in [0.29, 0.717) is 16.8 Å². The number of nitrogens with zero attached hydrogens (tertiary/aromatic N) is 6. The predicted octanol–water partition coefficient (Wildman–Crippen LogP) is 5.75. The van der Waals surface area contributed by atoms with Crippen molar-refractivity contribution >= 4 is 17.4 Å². The van der Waals surface area contributed by atoms with Gasteiger partial charge in [0, 0.05) is 30.6 Å². The summed E-state index contributed by atoms with van der Waals surface area (Å²) >= 11 is 6.25. The highest BCUT2D eigenvalue weighted by Crippen LogP contribution is 2.36. The fourth-order valence-electron chi connectivity index (χ4n) is 5.54. The van der Waals surface area contributed by atoms with E-state index in [-0.39, 0.29) is 25.0 Å². The molecule has 0 aliphatic carbocycles. The quantitative estimate of drug-likeness (QED) is 0.517. The summed E-state index contributed by atoms with van der Waals surface area (Å²) in [5, 5.41) is 9.41. The second kappa shape index (κ2) is 9.82. The van der Waals surface area contributed by atoms with Gasteiger partial charge in [-0.3, -0.25) is 14.5 Å². The van der Waals surface area contributed by atoms with Crippen molar-refractivity contribution in [3.63, 3.8) is 0 Å². The molecule has 3 unspecified atom stereocenters. The van der Waals surface area contributed by atoms with Crippen molar-refractivity contribution in [1.82, 2.24) is 24.6 Å². The Balaban J connectivity index is 1.40. The molecule has 10 heteroatoms. The van der Waals surface area contributed by atoms with Crippen LogP contribution in [0.5, 0.6) is 0 Å². The normalized spacial score (nSPS) is 24.2. The summed E-state index contributed by atoms with van der Waals surface area (Å²) in [5.41, 5.74) is 1.56. The van der Waals surface area contributed by atoms with Crippen LogP contribution in [-0.4, -0.2) is 61.7 Å². The number of aromatic nitrogens is 3. The first-order valence-electron chi connectivity index (χ1n) is 12.7. The SMILES string of the molecule is CCC1C=CC(N2CCC(c3nnc4n3-c3ccc(Cl)cc3CN(C(C)C(F)(F)F)C4)CC2)=NC1C. The zero-order chi connectivity index (χ0) is 25.6. The molecule has 0 radical (unpaired) electrons.